The summed E-state index contributed by atoms with van der Waals surface area (Å²) in [5.41, 5.74) is 7.25. The fourth-order valence-electron chi connectivity index (χ4n) is 3.52. The summed E-state index contributed by atoms with van der Waals surface area (Å²) in [6.45, 7) is 0.686. The lowest BCUT2D eigenvalue weighted by atomic mass is 9.84. The highest BCUT2D eigenvalue weighted by atomic mass is 35.5. The third-order valence-corrected chi connectivity index (χ3v) is 5.98. The normalized spacial score (nSPS) is 24.8. The van der Waals surface area contributed by atoms with Crippen LogP contribution in [0.2, 0.25) is 0 Å². The first-order chi connectivity index (χ1) is 9.78. The lowest BCUT2D eigenvalue weighted by molar-refractivity contribution is 0.0912. The Morgan fingerprint density at radius 1 is 1.24 bits per heavy atom. The molecule has 2 atom stereocenters. The summed E-state index contributed by atoms with van der Waals surface area (Å²) in [5.74, 6) is 0.581. The summed E-state index contributed by atoms with van der Waals surface area (Å²) in [6, 6.07) is 2.40. The van der Waals surface area contributed by atoms with Crippen LogP contribution in [0.25, 0.3) is 0 Å². The van der Waals surface area contributed by atoms with Crippen molar-refractivity contribution in [3.8, 4) is 0 Å². The van der Waals surface area contributed by atoms with Crippen molar-refractivity contribution in [2.24, 2.45) is 11.7 Å². The summed E-state index contributed by atoms with van der Waals surface area (Å²) >= 11 is 1.70. The molecule has 2 aliphatic carbocycles. The van der Waals surface area contributed by atoms with E-state index in [1.54, 1.807) is 11.3 Å². The number of thiophene rings is 1. The van der Waals surface area contributed by atoms with E-state index in [1.165, 1.54) is 36.1 Å². The average Bonchev–Trinajstić information content (AvgIpc) is 2.92. The number of hydrogen-bond acceptors (Lipinski definition) is 3. The van der Waals surface area contributed by atoms with Crippen LogP contribution in [0, 0.1) is 5.92 Å². The van der Waals surface area contributed by atoms with E-state index in [-0.39, 0.29) is 24.4 Å². The predicted molar refractivity (Wildman–Crippen MR) is 90.5 cm³/mol. The average molecular weight is 329 g/mol. The molecule has 1 fully saturated rings. The van der Waals surface area contributed by atoms with Gasteiger partial charge in [0.05, 0.1) is 4.88 Å². The molecule has 21 heavy (non-hydrogen) atoms. The van der Waals surface area contributed by atoms with Gasteiger partial charge >= 0.3 is 0 Å². The van der Waals surface area contributed by atoms with Crippen molar-refractivity contribution in [2.75, 3.05) is 6.54 Å². The quantitative estimate of drug-likeness (QED) is 0.894. The van der Waals surface area contributed by atoms with E-state index in [4.69, 9.17) is 5.73 Å². The molecular formula is C16H25ClN2OS. The first-order valence-electron chi connectivity index (χ1n) is 7.90. The molecule has 2 unspecified atom stereocenters. The molecule has 1 saturated carbocycles. The van der Waals surface area contributed by atoms with Crippen LogP contribution < -0.4 is 11.1 Å². The van der Waals surface area contributed by atoms with Gasteiger partial charge < -0.3 is 11.1 Å². The Labute approximate surface area is 137 Å². The van der Waals surface area contributed by atoms with Crippen LogP contribution in [0.15, 0.2) is 6.07 Å². The molecule has 118 valence electrons. The molecule has 0 bridgehead atoms. The third-order valence-electron chi connectivity index (χ3n) is 4.75. The number of hydrogen-bond donors (Lipinski definition) is 2. The molecule has 3 N–H and O–H groups in total. The van der Waals surface area contributed by atoms with Gasteiger partial charge in [-0.2, -0.15) is 0 Å². The molecule has 0 aliphatic heterocycles. The molecule has 0 aromatic carbocycles. The van der Waals surface area contributed by atoms with E-state index in [0.29, 0.717) is 12.5 Å². The number of nitrogens with one attached hydrogen (secondary N) is 1. The number of carbonyl (C=O) groups is 1. The van der Waals surface area contributed by atoms with Gasteiger partial charge in [0.2, 0.25) is 0 Å². The van der Waals surface area contributed by atoms with Crippen LogP contribution >= 0.6 is 23.7 Å². The fourth-order valence-corrected chi connectivity index (χ4v) is 4.68. The molecule has 5 heteroatoms. The van der Waals surface area contributed by atoms with E-state index in [0.717, 1.165) is 30.6 Å². The Bertz CT molecular complexity index is 465. The van der Waals surface area contributed by atoms with Crippen molar-refractivity contribution < 1.29 is 4.79 Å². The molecule has 0 spiro atoms. The van der Waals surface area contributed by atoms with Crippen LogP contribution in [-0.4, -0.2) is 18.5 Å². The second-order valence-corrected chi connectivity index (χ2v) is 7.26. The molecule has 1 aromatic heterocycles. The minimum Gasteiger partial charge on any atom is -0.348 e. The van der Waals surface area contributed by atoms with E-state index >= 15 is 0 Å². The Kier molecular flexibility index (Phi) is 6.08. The van der Waals surface area contributed by atoms with E-state index in [2.05, 4.69) is 11.4 Å². The van der Waals surface area contributed by atoms with Crippen molar-refractivity contribution in [3.63, 3.8) is 0 Å². The second-order valence-electron chi connectivity index (χ2n) is 6.13. The topological polar surface area (TPSA) is 55.1 Å². The maximum Gasteiger partial charge on any atom is 0.261 e. The SMILES string of the molecule is Cl.NCC1CCCCC1NC(=O)c1cc2c(s1)CCCC2. The molecule has 3 rings (SSSR count). The number of amides is 1. The van der Waals surface area contributed by atoms with E-state index in [9.17, 15) is 4.79 Å². The van der Waals surface area contributed by atoms with Crippen molar-refractivity contribution in [3.05, 3.63) is 21.4 Å². The highest BCUT2D eigenvalue weighted by molar-refractivity contribution is 7.14. The van der Waals surface area contributed by atoms with Gasteiger partial charge in [-0.15, -0.1) is 23.7 Å². The lowest BCUT2D eigenvalue weighted by Gasteiger charge is -2.31. The van der Waals surface area contributed by atoms with Crippen molar-refractivity contribution >= 4 is 29.7 Å². The van der Waals surface area contributed by atoms with Crippen LogP contribution in [0.4, 0.5) is 0 Å². The molecule has 0 radical (unpaired) electrons. The zero-order valence-electron chi connectivity index (χ0n) is 12.4. The van der Waals surface area contributed by atoms with Crippen molar-refractivity contribution in [1.82, 2.24) is 5.32 Å². The number of rotatable bonds is 3. The fraction of sp³-hybridized carbons (Fsp3) is 0.688. The zero-order valence-corrected chi connectivity index (χ0v) is 14.0. The summed E-state index contributed by atoms with van der Waals surface area (Å²) in [5, 5.41) is 3.24. The van der Waals surface area contributed by atoms with Gasteiger partial charge in [0.25, 0.3) is 5.91 Å². The van der Waals surface area contributed by atoms with Gasteiger partial charge in [-0.1, -0.05) is 12.8 Å². The number of carbonyl (C=O) groups excluding carboxylic acids is 1. The molecule has 3 nitrogen and oxygen atoms in total. The minimum absolute atomic E-state index is 0. The Morgan fingerprint density at radius 2 is 2.00 bits per heavy atom. The smallest absolute Gasteiger partial charge is 0.261 e. The van der Waals surface area contributed by atoms with Crippen molar-refractivity contribution in [1.29, 1.82) is 0 Å². The molecule has 2 aliphatic rings. The van der Waals surface area contributed by atoms with Gasteiger partial charge in [0.1, 0.15) is 0 Å². The number of fused-ring (bicyclic) bond motifs is 1. The Hall–Kier alpha value is -0.580. The third kappa shape index (κ3) is 3.79. The lowest BCUT2D eigenvalue weighted by Crippen LogP contribution is -2.44. The Balaban J connectivity index is 0.00000161. The van der Waals surface area contributed by atoms with Gasteiger partial charge in [-0.25, -0.2) is 0 Å². The maximum absolute atomic E-state index is 12.5. The second kappa shape index (κ2) is 7.61. The monoisotopic (exact) mass is 328 g/mol. The van der Waals surface area contributed by atoms with E-state index in [1.807, 2.05) is 0 Å². The van der Waals surface area contributed by atoms with Gasteiger partial charge in [0.15, 0.2) is 0 Å². The Morgan fingerprint density at radius 3 is 2.76 bits per heavy atom. The summed E-state index contributed by atoms with van der Waals surface area (Å²) < 4.78 is 0. The first kappa shape index (κ1) is 16.8. The van der Waals surface area contributed by atoms with Gasteiger partial charge in [0, 0.05) is 10.9 Å². The standard InChI is InChI=1S/C16H24N2OS.ClH/c17-10-12-6-1-3-7-13(12)18-16(19)15-9-11-5-2-4-8-14(11)20-15;/h9,12-13H,1-8,10,17H2,(H,18,19);1H. The van der Waals surface area contributed by atoms with Crippen LogP contribution in [0.1, 0.15) is 58.6 Å². The molecule has 0 saturated heterocycles. The predicted octanol–water partition coefficient (Wildman–Crippen LogP) is 3.30. The zero-order chi connectivity index (χ0) is 13.9. The number of nitrogens with two attached hydrogens (primary N) is 1. The largest absolute Gasteiger partial charge is 0.348 e. The van der Waals surface area contributed by atoms with Crippen LogP contribution in [0.5, 0.6) is 0 Å². The minimum atomic E-state index is 0. The summed E-state index contributed by atoms with van der Waals surface area (Å²) in [7, 11) is 0. The molecule has 1 amide bonds. The molecular weight excluding hydrogens is 304 g/mol. The summed E-state index contributed by atoms with van der Waals surface area (Å²) in [6.07, 6.45) is 9.54. The first-order valence-corrected chi connectivity index (χ1v) is 8.72. The van der Waals surface area contributed by atoms with E-state index < -0.39 is 0 Å². The van der Waals surface area contributed by atoms with Gasteiger partial charge in [-0.05, 0) is 62.6 Å². The number of halogens is 1. The number of aryl methyl sites for hydroxylation is 2. The summed E-state index contributed by atoms with van der Waals surface area (Å²) in [4.78, 5) is 14.8. The molecule has 1 heterocycles. The van der Waals surface area contributed by atoms with Gasteiger partial charge in [-0.3, -0.25) is 4.79 Å². The van der Waals surface area contributed by atoms with Crippen molar-refractivity contribution in [2.45, 2.75) is 57.4 Å². The molecule has 1 aromatic rings. The highest BCUT2D eigenvalue weighted by Gasteiger charge is 2.26. The van der Waals surface area contributed by atoms with Crippen LogP contribution in [0.3, 0.4) is 0 Å². The van der Waals surface area contributed by atoms with Crippen LogP contribution in [-0.2, 0) is 12.8 Å². The highest BCUT2D eigenvalue weighted by Crippen LogP contribution is 2.30. The maximum atomic E-state index is 12.5.